The smallest absolute Gasteiger partial charge is 0.0867 e. The topological polar surface area (TPSA) is 9.23 Å². The molecule has 1 aromatic carbocycles. The molecule has 0 radical (unpaired) electrons. The fraction of sp³-hybridized carbons (Fsp3) is 0.571. The van der Waals surface area contributed by atoms with Crippen molar-refractivity contribution in [1.82, 2.24) is 0 Å². The van der Waals surface area contributed by atoms with Crippen LogP contribution in [0.15, 0.2) is 24.3 Å². The van der Waals surface area contributed by atoms with Gasteiger partial charge in [-0.2, -0.15) is 0 Å². The predicted molar refractivity (Wildman–Crippen MR) is 68.0 cm³/mol. The Labute approximate surface area is 103 Å². The predicted octanol–water partition coefficient (Wildman–Crippen LogP) is 3.96. The summed E-state index contributed by atoms with van der Waals surface area (Å²) in [6, 6.07) is 8.57. The first kappa shape index (κ1) is 11.9. The molecule has 0 aliphatic carbocycles. The molecule has 0 saturated carbocycles. The summed E-state index contributed by atoms with van der Waals surface area (Å²) in [6.07, 6.45) is 3.60. The summed E-state index contributed by atoms with van der Waals surface area (Å²) in [7, 11) is 0. The molecule has 1 heterocycles. The average Bonchev–Trinajstić information content (AvgIpc) is 2.38. The van der Waals surface area contributed by atoms with E-state index in [2.05, 4.69) is 31.2 Å². The second-order valence-corrected chi connectivity index (χ2v) is 4.71. The zero-order valence-electron chi connectivity index (χ0n) is 9.79. The number of halogens is 1. The van der Waals surface area contributed by atoms with E-state index in [-0.39, 0.29) is 6.10 Å². The van der Waals surface area contributed by atoms with Crippen LogP contribution in [0.4, 0.5) is 0 Å². The summed E-state index contributed by atoms with van der Waals surface area (Å²) in [5.74, 6) is 1.17. The molecular formula is C14H19ClO. The standard InChI is InChI=1S/C14H19ClO/c1-2-11-6-3-4-8-13(11)14-12(10-15)7-5-9-16-14/h3-4,6,8,12,14H,2,5,7,9-10H2,1H3. The van der Waals surface area contributed by atoms with E-state index in [4.69, 9.17) is 16.3 Å². The highest BCUT2D eigenvalue weighted by atomic mass is 35.5. The van der Waals surface area contributed by atoms with Crippen LogP contribution in [0.5, 0.6) is 0 Å². The number of ether oxygens (including phenoxy) is 1. The van der Waals surface area contributed by atoms with E-state index >= 15 is 0 Å². The van der Waals surface area contributed by atoms with Crippen molar-refractivity contribution >= 4 is 11.6 Å². The Morgan fingerprint density at radius 2 is 2.19 bits per heavy atom. The zero-order chi connectivity index (χ0) is 11.4. The van der Waals surface area contributed by atoms with Gasteiger partial charge in [-0.1, -0.05) is 31.2 Å². The van der Waals surface area contributed by atoms with Gasteiger partial charge >= 0.3 is 0 Å². The van der Waals surface area contributed by atoms with Crippen molar-refractivity contribution in [3.63, 3.8) is 0 Å². The van der Waals surface area contributed by atoms with Crippen molar-refractivity contribution in [1.29, 1.82) is 0 Å². The Bertz CT molecular complexity index is 337. The van der Waals surface area contributed by atoms with Gasteiger partial charge in [0.05, 0.1) is 6.10 Å². The highest BCUT2D eigenvalue weighted by Gasteiger charge is 2.27. The number of benzene rings is 1. The lowest BCUT2D eigenvalue weighted by Crippen LogP contribution is -2.24. The third-order valence-corrected chi connectivity index (χ3v) is 3.78. The van der Waals surface area contributed by atoms with Crippen LogP contribution in [-0.4, -0.2) is 12.5 Å². The number of rotatable bonds is 3. The Kier molecular flexibility index (Phi) is 4.25. The van der Waals surface area contributed by atoms with E-state index in [1.807, 2.05) is 0 Å². The molecule has 88 valence electrons. The van der Waals surface area contributed by atoms with Crippen molar-refractivity contribution in [3.8, 4) is 0 Å². The summed E-state index contributed by atoms with van der Waals surface area (Å²) < 4.78 is 5.93. The van der Waals surface area contributed by atoms with Crippen molar-refractivity contribution in [2.75, 3.05) is 12.5 Å². The molecule has 2 unspecified atom stereocenters. The van der Waals surface area contributed by atoms with Gasteiger partial charge in [0.2, 0.25) is 0 Å². The first-order valence-electron chi connectivity index (χ1n) is 6.12. The minimum Gasteiger partial charge on any atom is -0.373 e. The molecule has 0 amide bonds. The minimum absolute atomic E-state index is 0.211. The number of hydrogen-bond donors (Lipinski definition) is 0. The zero-order valence-corrected chi connectivity index (χ0v) is 10.5. The lowest BCUT2D eigenvalue weighted by Gasteiger charge is -2.32. The van der Waals surface area contributed by atoms with Crippen molar-refractivity contribution in [3.05, 3.63) is 35.4 Å². The minimum atomic E-state index is 0.211. The van der Waals surface area contributed by atoms with E-state index in [1.165, 1.54) is 17.5 Å². The first-order chi connectivity index (χ1) is 7.86. The van der Waals surface area contributed by atoms with Crippen molar-refractivity contribution in [2.24, 2.45) is 5.92 Å². The van der Waals surface area contributed by atoms with Crippen molar-refractivity contribution in [2.45, 2.75) is 32.3 Å². The second-order valence-electron chi connectivity index (χ2n) is 4.40. The molecule has 0 N–H and O–H groups in total. The molecule has 16 heavy (non-hydrogen) atoms. The van der Waals surface area contributed by atoms with Crippen LogP contribution in [0, 0.1) is 5.92 Å². The van der Waals surface area contributed by atoms with Crippen LogP contribution < -0.4 is 0 Å². The molecule has 0 aromatic heterocycles. The van der Waals surface area contributed by atoms with Crippen LogP contribution in [0.1, 0.15) is 37.0 Å². The second kappa shape index (κ2) is 5.70. The molecule has 2 heteroatoms. The summed E-state index contributed by atoms with van der Waals surface area (Å²) >= 11 is 6.04. The first-order valence-corrected chi connectivity index (χ1v) is 6.65. The fourth-order valence-corrected chi connectivity index (χ4v) is 2.79. The highest BCUT2D eigenvalue weighted by molar-refractivity contribution is 6.18. The summed E-state index contributed by atoms with van der Waals surface area (Å²) in [5, 5.41) is 0. The van der Waals surface area contributed by atoms with Gasteiger partial charge in [-0.3, -0.25) is 0 Å². The molecule has 2 rings (SSSR count). The van der Waals surface area contributed by atoms with Crippen molar-refractivity contribution < 1.29 is 4.74 Å². The van der Waals surface area contributed by atoms with Gasteiger partial charge < -0.3 is 4.74 Å². The maximum Gasteiger partial charge on any atom is 0.0867 e. The van der Waals surface area contributed by atoms with Gasteiger partial charge in [0.25, 0.3) is 0 Å². The summed E-state index contributed by atoms with van der Waals surface area (Å²) in [6.45, 7) is 3.06. The number of hydrogen-bond acceptors (Lipinski definition) is 1. The number of aryl methyl sites for hydroxylation is 1. The Morgan fingerprint density at radius 3 is 2.94 bits per heavy atom. The van der Waals surface area contributed by atoms with Crippen LogP contribution >= 0.6 is 11.6 Å². The Hall–Kier alpha value is -0.530. The molecule has 0 bridgehead atoms. The van der Waals surface area contributed by atoms with E-state index < -0.39 is 0 Å². The summed E-state index contributed by atoms with van der Waals surface area (Å²) in [4.78, 5) is 0. The van der Waals surface area contributed by atoms with Gasteiger partial charge in [-0.25, -0.2) is 0 Å². The monoisotopic (exact) mass is 238 g/mol. The molecule has 0 spiro atoms. The van der Waals surface area contributed by atoms with Gasteiger partial charge in [-0.05, 0) is 30.4 Å². The largest absolute Gasteiger partial charge is 0.373 e. The van der Waals surface area contributed by atoms with Crippen LogP contribution in [-0.2, 0) is 11.2 Å². The molecule has 1 saturated heterocycles. The normalized spacial score (nSPS) is 25.6. The number of alkyl halides is 1. The lowest BCUT2D eigenvalue weighted by molar-refractivity contribution is -0.0212. The third kappa shape index (κ3) is 2.41. The Morgan fingerprint density at radius 1 is 1.38 bits per heavy atom. The lowest BCUT2D eigenvalue weighted by atomic mass is 9.88. The van der Waals surface area contributed by atoms with Crippen LogP contribution in [0.3, 0.4) is 0 Å². The molecule has 2 atom stereocenters. The average molecular weight is 239 g/mol. The van der Waals surface area contributed by atoms with Gasteiger partial charge in [-0.15, -0.1) is 11.6 Å². The summed E-state index contributed by atoms with van der Waals surface area (Å²) in [5.41, 5.74) is 2.74. The SMILES string of the molecule is CCc1ccccc1C1OCCCC1CCl. The van der Waals surface area contributed by atoms with Gasteiger partial charge in [0.15, 0.2) is 0 Å². The fourth-order valence-electron chi connectivity index (χ4n) is 2.48. The van der Waals surface area contributed by atoms with E-state index in [0.717, 1.165) is 19.4 Å². The highest BCUT2D eigenvalue weighted by Crippen LogP contribution is 2.35. The maximum atomic E-state index is 6.04. The van der Waals surface area contributed by atoms with Gasteiger partial charge in [0, 0.05) is 18.4 Å². The molecule has 1 aromatic rings. The third-order valence-electron chi connectivity index (χ3n) is 3.39. The van der Waals surface area contributed by atoms with Crippen LogP contribution in [0.2, 0.25) is 0 Å². The molecule has 1 fully saturated rings. The molecular weight excluding hydrogens is 220 g/mol. The molecule has 1 nitrogen and oxygen atoms in total. The quantitative estimate of drug-likeness (QED) is 0.725. The van der Waals surface area contributed by atoms with E-state index in [9.17, 15) is 0 Å². The maximum absolute atomic E-state index is 6.04. The van der Waals surface area contributed by atoms with Crippen LogP contribution in [0.25, 0.3) is 0 Å². The van der Waals surface area contributed by atoms with E-state index in [1.54, 1.807) is 0 Å². The molecule has 1 aliphatic rings. The Balaban J connectivity index is 2.26. The molecule has 1 aliphatic heterocycles. The van der Waals surface area contributed by atoms with Gasteiger partial charge in [0.1, 0.15) is 0 Å². The van der Waals surface area contributed by atoms with E-state index in [0.29, 0.717) is 11.8 Å².